The van der Waals surface area contributed by atoms with E-state index in [0.717, 1.165) is 4.47 Å². The van der Waals surface area contributed by atoms with Gasteiger partial charge in [0.1, 0.15) is 11.9 Å². The fraction of sp³-hybridized carbons (Fsp3) is 0.154. The maximum atomic E-state index is 12.3. The molecule has 2 rings (SSSR count). The van der Waals surface area contributed by atoms with Gasteiger partial charge >= 0.3 is 6.61 Å². The van der Waals surface area contributed by atoms with E-state index in [2.05, 4.69) is 25.7 Å². The van der Waals surface area contributed by atoms with E-state index in [0.29, 0.717) is 5.69 Å². The summed E-state index contributed by atoms with van der Waals surface area (Å²) in [4.78, 5) is 4.03. The second-order valence-electron chi connectivity index (χ2n) is 3.72. The van der Waals surface area contributed by atoms with Crippen molar-refractivity contribution in [3.63, 3.8) is 0 Å². The van der Waals surface area contributed by atoms with Crippen molar-refractivity contribution in [3.8, 4) is 5.75 Å². The minimum atomic E-state index is -2.94. The van der Waals surface area contributed by atoms with Gasteiger partial charge in [0.25, 0.3) is 0 Å². The second-order valence-corrected chi connectivity index (χ2v) is 4.64. The van der Waals surface area contributed by atoms with Crippen molar-refractivity contribution in [1.29, 1.82) is 0 Å². The van der Waals surface area contributed by atoms with Crippen LogP contribution in [-0.2, 0) is 0 Å². The molecule has 100 valence electrons. The molecule has 1 aromatic heterocycles. The van der Waals surface area contributed by atoms with E-state index in [1.165, 1.54) is 18.3 Å². The van der Waals surface area contributed by atoms with Crippen LogP contribution in [0.4, 0.5) is 8.78 Å². The highest BCUT2D eigenvalue weighted by molar-refractivity contribution is 9.10. The Morgan fingerprint density at radius 1 is 1.16 bits per heavy atom. The topological polar surface area (TPSA) is 42.4 Å². The van der Waals surface area contributed by atoms with E-state index in [9.17, 15) is 13.9 Å². The third-order valence-electron chi connectivity index (χ3n) is 2.46. The molecule has 2 aromatic rings. The molecule has 0 saturated carbocycles. The van der Waals surface area contributed by atoms with Gasteiger partial charge in [-0.15, -0.1) is 0 Å². The highest BCUT2D eigenvalue weighted by Crippen LogP contribution is 2.30. The average Bonchev–Trinajstić information content (AvgIpc) is 2.39. The number of aliphatic hydroxyl groups excluding tert-OH is 1. The standard InChI is InChI=1S/C13H10BrF2NO2/c14-8-5-6-10(17-7-8)12(18)9-3-1-2-4-11(9)19-13(15)16/h1-7,12-13,18H. The number of pyridine rings is 1. The normalized spacial score (nSPS) is 12.5. The zero-order valence-electron chi connectivity index (χ0n) is 9.63. The van der Waals surface area contributed by atoms with Crippen molar-refractivity contribution in [1.82, 2.24) is 4.98 Å². The van der Waals surface area contributed by atoms with Crippen molar-refractivity contribution in [2.75, 3.05) is 0 Å². The summed E-state index contributed by atoms with van der Waals surface area (Å²) >= 11 is 3.23. The van der Waals surface area contributed by atoms with Gasteiger partial charge in [0, 0.05) is 16.2 Å². The third-order valence-corrected chi connectivity index (χ3v) is 2.93. The van der Waals surface area contributed by atoms with Crippen LogP contribution < -0.4 is 4.74 Å². The summed E-state index contributed by atoms with van der Waals surface area (Å²) in [6.07, 6.45) is 0.401. The molecule has 0 aliphatic carbocycles. The molecular formula is C13H10BrF2NO2. The Hall–Kier alpha value is -1.53. The van der Waals surface area contributed by atoms with Crippen LogP contribution in [-0.4, -0.2) is 16.7 Å². The first-order chi connectivity index (χ1) is 9.08. The smallest absolute Gasteiger partial charge is 0.387 e. The maximum absolute atomic E-state index is 12.3. The highest BCUT2D eigenvalue weighted by atomic mass is 79.9. The lowest BCUT2D eigenvalue weighted by Crippen LogP contribution is -2.08. The molecule has 0 spiro atoms. The quantitative estimate of drug-likeness (QED) is 0.933. The molecule has 1 unspecified atom stereocenters. The highest BCUT2D eigenvalue weighted by Gasteiger charge is 2.18. The molecule has 0 bridgehead atoms. The van der Waals surface area contributed by atoms with Gasteiger partial charge in [-0.3, -0.25) is 4.98 Å². The van der Waals surface area contributed by atoms with Crippen LogP contribution in [0.1, 0.15) is 17.4 Å². The molecule has 0 saturated heterocycles. The Morgan fingerprint density at radius 2 is 1.89 bits per heavy atom. The summed E-state index contributed by atoms with van der Waals surface area (Å²) in [5, 5.41) is 10.2. The largest absolute Gasteiger partial charge is 0.434 e. The number of benzene rings is 1. The summed E-state index contributed by atoms with van der Waals surface area (Å²) < 4.78 is 29.7. The second kappa shape index (κ2) is 6.08. The van der Waals surface area contributed by atoms with E-state index in [1.807, 2.05) is 0 Å². The number of para-hydroxylation sites is 1. The van der Waals surface area contributed by atoms with Gasteiger partial charge in [-0.05, 0) is 34.1 Å². The summed E-state index contributed by atoms with van der Waals surface area (Å²) in [5.41, 5.74) is 0.603. The SMILES string of the molecule is OC(c1ccc(Br)cn1)c1ccccc1OC(F)F. The van der Waals surface area contributed by atoms with Gasteiger partial charge in [-0.1, -0.05) is 18.2 Å². The first kappa shape index (κ1) is 13.9. The van der Waals surface area contributed by atoms with Gasteiger partial charge < -0.3 is 9.84 Å². The number of alkyl halides is 2. The molecule has 0 aliphatic heterocycles. The van der Waals surface area contributed by atoms with E-state index < -0.39 is 12.7 Å². The Morgan fingerprint density at radius 3 is 2.53 bits per heavy atom. The summed E-state index contributed by atoms with van der Waals surface area (Å²) in [7, 11) is 0. The van der Waals surface area contributed by atoms with Crippen molar-refractivity contribution in [2.24, 2.45) is 0 Å². The molecule has 1 atom stereocenters. The predicted octanol–water partition coefficient (Wildman–Crippen LogP) is 3.53. The average molecular weight is 330 g/mol. The van der Waals surface area contributed by atoms with Crippen LogP contribution in [0.25, 0.3) is 0 Å². The van der Waals surface area contributed by atoms with Gasteiger partial charge in [0.15, 0.2) is 0 Å². The van der Waals surface area contributed by atoms with E-state index in [1.54, 1.807) is 24.3 Å². The van der Waals surface area contributed by atoms with Crippen LogP contribution in [0.5, 0.6) is 5.75 Å². The lowest BCUT2D eigenvalue weighted by atomic mass is 10.1. The Labute approximate surface area is 117 Å². The van der Waals surface area contributed by atoms with Crippen LogP contribution >= 0.6 is 15.9 Å². The van der Waals surface area contributed by atoms with Crippen molar-refractivity contribution >= 4 is 15.9 Å². The number of hydrogen-bond acceptors (Lipinski definition) is 3. The number of ether oxygens (including phenoxy) is 1. The molecule has 19 heavy (non-hydrogen) atoms. The molecule has 3 nitrogen and oxygen atoms in total. The molecule has 1 N–H and O–H groups in total. The predicted molar refractivity (Wildman–Crippen MR) is 69.1 cm³/mol. The van der Waals surface area contributed by atoms with Crippen molar-refractivity contribution < 1.29 is 18.6 Å². The molecular weight excluding hydrogens is 320 g/mol. The fourth-order valence-corrected chi connectivity index (χ4v) is 1.85. The molecule has 0 fully saturated rings. The number of aliphatic hydroxyl groups is 1. The zero-order valence-corrected chi connectivity index (χ0v) is 11.2. The monoisotopic (exact) mass is 329 g/mol. The Balaban J connectivity index is 2.32. The molecule has 0 aliphatic rings. The van der Waals surface area contributed by atoms with E-state index in [4.69, 9.17) is 0 Å². The van der Waals surface area contributed by atoms with Gasteiger partial charge in [0.2, 0.25) is 0 Å². The van der Waals surface area contributed by atoms with Crippen LogP contribution in [0.2, 0.25) is 0 Å². The molecule has 0 radical (unpaired) electrons. The lowest BCUT2D eigenvalue weighted by molar-refractivity contribution is -0.0513. The molecule has 0 amide bonds. The summed E-state index contributed by atoms with van der Waals surface area (Å²) in [6, 6.07) is 9.41. The Bertz CT molecular complexity index is 549. The molecule has 6 heteroatoms. The van der Waals surface area contributed by atoms with Crippen LogP contribution in [0.15, 0.2) is 47.1 Å². The minimum Gasteiger partial charge on any atom is -0.434 e. The first-order valence-electron chi connectivity index (χ1n) is 5.41. The summed E-state index contributed by atoms with van der Waals surface area (Å²) in [6.45, 7) is -2.94. The lowest BCUT2D eigenvalue weighted by Gasteiger charge is -2.15. The van der Waals surface area contributed by atoms with Gasteiger partial charge in [0.05, 0.1) is 5.69 Å². The zero-order chi connectivity index (χ0) is 13.8. The van der Waals surface area contributed by atoms with Crippen LogP contribution in [0, 0.1) is 0 Å². The van der Waals surface area contributed by atoms with Crippen LogP contribution in [0.3, 0.4) is 0 Å². The number of aromatic nitrogens is 1. The minimum absolute atomic E-state index is 0.0604. The molecule has 1 aromatic carbocycles. The van der Waals surface area contributed by atoms with Crippen molar-refractivity contribution in [2.45, 2.75) is 12.7 Å². The number of nitrogens with zero attached hydrogens (tertiary/aromatic N) is 1. The number of rotatable bonds is 4. The van der Waals surface area contributed by atoms with Gasteiger partial charge in [-0.2, -0.15) is 8.78 Å². The van der Waals surface area contributed by atoms with Gasteiger partial charge in [-0.25, -0.2) is 0 Å². The third kappa shape index (κ3) is 3.48. The number of halogens is 3. The molecule has 1 heterocycles. The fourth-order valence-electron chi connectivity index (χ4n) is 1.62. The van der Waals surface area contributed by atoms with E-state index >= 15 is 0 Å². The van der Waals surface area contributed by atoms with Crippen molar-refractivity contribution in [3.05, 3.63) is 58.3 Å². The maximum Gasteiger partial charge on any atom is 0.387 e. The van der Waals surface area contributed by atoms with E-state index in [-0.39, 0.29) is 11.3 Å². The first-order valence-corrected chi connectivity index (χ1v) is 6.20. The number of hydrogen-bond donors (Lipinski definition) is 1. The Kier molecular flexibility index (Phi) is 4.44. The summed E-state index contributed by atoms with van der Waals surface area (Å²) in [5.74, 6) is -0.0604.